The fraction of sp³-hybridized carbons (Fsp3) is 0.182. The lowest BCUT2D eigenvalue weighted by atomic mass is 10.5. The van der Waals surface area contributed by atoms with E-state index in [-0.39, 0.29) is 12.6 Å². The smallest absolute Gasteiger partial charge is 0.302 e. The quantitative estimate of drug-likeness (QED) is 0.479. The van der Waals surface area contributed by atoms with E-state index in [2.05, 4.69) is 20.7 Å². The summed E-state index contributed by atoms with van der Waals surface area (Å²) >= 11 is 5.86. The molecular weight excluding hydrogens is 256 g/mol. The number of nitrogens with zero attached hydrogens (tertiary/aromatic N) is 4. The Labute approximate surface area is 108 Å². The van der Waals surface area contributed by atoms with Crippen molar-refractivity contribution in [2.24, 2.45) is 0 Å². The summed E-state index contributed by atoms with van der Waals surface area (Å²) in [5.41, 5.74) is 3.96. The highest BCUT2D eigenvalue weighted by atomic mass is 35.5. The number of rotatable bonds is 3. The molecule has 7 heteroatoms. The highest BCUT2D eigenvalue weighted by molar-refractivity contribution is 6.33. The first-order valence-corrected chi connectivity index (χ1v) is 5.43. The van der Waals surface area contributed by atoms with E-state index in [0.717, 1.165) is 0 Å². The van der Waals surface area contributed by atoms with Crippen LogP contribution in [0.2, 0.25) is 5.15 Å². The molecule has 0 N–H and O–H groups in total. The molecule has 0 aliphatic carbocycles. The second-order valence-corrected chi connectivity index (χ2v) is 3.65. The molecule has 0 atom stereocenters. The predicted octanol–water partition coefficient (Wildman–Crippen LogP) is 1.67. The molecule has 0 amide bonds. The molecule has 0 saturated carbocycles. The molecule has 6 nitrogen and oxygen atoms in total. The van der Waals surface area contributed by atoms with Crippen LogP contribution in [0.5, 0.6) is 0 Å². The van der Waals surface area contributed by atoms with Crippen LogP contribution in [0.15, 0.2) is 24.5 Å². The zero-order chi connectivity index (χ0) is 13.0. The molecule has 2 rings (SSSR count). The van der Waals surface area contributed by atoms with Crippen molar-refractivity contribution >= 4 is 34.9 Å². The normalized spacial score (nSPS) is 9.89. The lowest BCUT2D eigenvalue weighted by Gasteiger charge is -1.94. The Hall–Kier alpha value is -2.17. The molecule has 2 aromatic rings. The zero-order valence-electron chi connectivity index (χ0n) is 9.50. The fourth-order valence-corrected chi connectivity index (χ4v) is 1.43. The summed E-state index contributed by atoms with van der Waals surface area (Å²) < 4.78 is 6.37. The average molecular weight is 265 g/mol. The molecule has 0 unspecified atom stereocenters. The summed E-state index contributed by atoms with van der Waals surface area (Å²) in [6, 6.07) is 0. The summed E-state index contributed by atoms with van der Waals surface area (Å²) in [6.45, 7) is 1.52. The summed E-state index contributed by atoms with van der Waals surface area (Å²) in [4.78, 5) is 22.5. The minimum Gasteiger partial charge on any atom is -0.461 e. The van der Waals surface area contributed by atoms with Gasteiger partial charge in [0.25, 0.3) is 0 Å². The molecule has 18 heavy (non-hydrogen) atoms. The number of fused-ring (bicyclic) bond motifs is 1. The van der Waals surface area contributed by atoms with Crippen LogP contribution in [0.25, 0.3) is 17.4 Å². The van der Waals surface area contributed by atoms with Crippen LogP contribution in [0, 0.1) is 0 Å². The molecule has 0 aromatic carbocycles. The maximum atomic E-state index is 10.5. The van der Waals surface area contributed by atoms with E-state index in [0.29, 0.717) is 16.3 Å². The van der Waals surface area contributed by atoms with Gasteiger partial charge in [0.05, 0.1) is 6.20 Å². The molecule has 0 aliphatic heterocycles. The van der Waals surface area contributed by atoms with Crippen molar-refractivity contribution in [2.45, 2.75) is 6.92 Å². The van der Waals surface area contributed by atoms with Crippen LogP contribution in [0.3, 0.4) is 0 Å². The molecule has 92 valence electrons. The maximum absolute atomic E-state index is 10.5. The lowest BCUT2D eigenvalue weighted by Crippen LogP contribution is -1.96. The highest BCUT2D eigenvalue weighted by Crippen LogP contribution is 2.16. The number of carbonyl (C=O) groups is 1. The summed E-state index contributed by atoms with van der Waals surface area (Å²) in [5.74, 6) is -0.333. The average Bonchev–Trinajstić information content (AvgIpc) is 2.73. The van der Waals surface area contributed by atoms with Crippen LogP contribution in [0.1, 0.15) is 6.92 Å². The number of ether oxygens (including phenoxy) is 1. The topological polar surface area (TPSA) is 69.9 Å². The second-order valence-electron chi connectivity index (χ2n) is 3.29. The van der Waals surface area contributed by atoms with E-state index < -0.39 is 0 Å². The van der Waals surface area contributed by atoms with Gasteiger partial charge in [-0.3, -0.25) is 9.36 Å². The van der Waals surface area contributed by atoms with Gasteiger partial charge in [-0.25, -0.2) is 15.0 Å². The number of aromatic nitrogens is 4. The summed E-state index contributed by atoms with van der Waals surface area (Å²) in [5, 5.41) is 0.302. The number of hydrogen-bond donors (Lipinski definition) is 0. The first-order chi connectivity index (χ1) is 8.68. The van der Waals surface area contributed by atoms with Gasteiger partial charge in [-0.15, -0.1) is 5.73 Å². The minimum absolute atomic E-state index is 0.175. The lowest BCUT2D eigenvalue weighted by molar-refractivity contribution is -0.139. The van der Waals surface area contributed by atoms with E-state index >= 15 is 0 Å². The Morgan fingerprint density at radius 1 is 1.56 bits per heavy atom. The number of hydrogen-bond acceptors (Lipinski definition) is 5. The third-order valence-electron chi connectivity index (χ3n) is 2.02. The molecule has 0 radical (unpaired) electrons. The number of esters is 1. The van der Waals surface area contributed by atoms with Gasteiger partial charge in [0, 0.05) is 6.92 Å². The van der Waals surface area contributed by atoms with Gasteiger partial charge < -0.3 is 4.74 Å². The van der Waals surface area contributed by atoms with Crippen molar-refractivity contribution < 1.29 is 9.53 Å². The Kier molecular flexibility index (Phi) is 3.72. The molecule has 0 fully saturated rings. The third kappa shape index (κ3) is 2.74. The predicted molar refractivity (Wildman–Crippen MR) is 65.8 cm³/mol. The van der Waals surface area contributed by atoms with E-state index in [4.69, 9.17) is 16.3 Å². The Balaban J connectivity index is 2.19. The van der Waals surface area contributed by atoms with Crippen molar-refractivity contribution in [2.75, 3.05) is 6.61 Å². The van der Waals surface area contributed by atoms with E-state index in [1.165, 1.54) is 13.3 Å². The van der Waals surface area contributed by atoms with E-state index in [1.54, 1.807) is 23.2 Å². The van der Waals surface area contributed by atoms with Crippen molar-refractivity contribution in [1.29, 1.82) is 0 Å². The van der Waals surface area contributed by atoms with Crippen LogP contribution < -0.4 is 0 Å². The number of halogens is 1. The standard InChI is InChI=1S/C11H9ClN4O2/c1-8(17)18-5-3-2-4-16-7-15-9-10(12)13-6-14-11(9)16/h3-4,6-7H,5H2,1H3. The highest BCUT2D eigenvalue weighted by Gasteiger charge is 2.05. The monoisotopic (exact) mass is 264 g/mol. The van der Waals surface area contributed by atoms with E-state index in [1.807, 2.05) is 0 Å². The van der Waals surface area contributed by atoms with E-state index in [9.17, 15) is 4.79 Å². The van der Waals surface area contributed by atoms with Crippen molar-refractivity contribution in [1.82, 2.24) is 19.5 Å². The van der Waals surface area contributed by atoms with Crippen LogP contribution >= 0.6 is 11.6 Å². The largest absolute Gasteiger partial charge is 0.461 e. The summed E-state index contributed by atoms with van der Waals surface area (Å²) in [6.07, 6.45) is 6.11. The van der Waals surface area contributed by atoms with Gasteiger partial charge >= 0.3 is 5.97 Å². The van der Waals surface area contributed by atoms with Crippen LogP contribution in [-0.2, 0) is 9.53 Å². The number of imidazole rings is 1. The zero-order valence-corrected chi connectivity index (χ0v) is 10.3. The first kappa shape index (κ1) is 12.3. The third-order valence-corrected chi connectivity index (χ3v) is 2.29. The maximum Gasteiger partial charge on any atom is 0.302 e. The second kappa shape index (κ2) is 5.44. The van der Waals surface area contributed by atoms with Gasteiger partial charge in [-0.05, 0) is 6.08 Å². The van der Waals surface area contributed by atoms with Crippen molar-refractivity contribution in [3.63, 3.8) is 0 Å². The minimum atomic E-state index is -0.333. The Morgan fingerprint density at radius 3 is 3.17 bits per heavy atom. The molecular formula is C11H9ClN4O2. The van der Waals surface area contributed by atoms with Crippen molar-refractivity contribution in [3.8, 4) is 0 Å². The first-order valence-electron chi connectivity index (χ1n) is 5.06. The van der Waals surface area contributed by atoms with Gasteiger partial charge in [0.1, 0.15) is 24.8 Å². The molecule has 0 saturated heterocycles. The van der Waals surface area contributed by atoms with Gasteiger partial charge in [-0.1, -0.05) is 11.6 Å². The van der Waals surface area contributed by atoms with Crippen molar-refractivity contribution in [3.05, 3.63) is 29.6 Å². The molecule has 0 spiro atoms. The summed E-state index contributed by atoms with van der Waals surface area (Å²) in [7, 11) is 0. The molecule has 2 aromatic heterocycles. The van der Waals surface area contributed by atoms with Crippen LogP contribution in [-0.4, -0.2) is 32.1 Å². The molecule has 0 bridgehead atoms. The van der Waals surface area contributed by atoms with Gasteiger partial charge in [0.2, 0.25) is 0 Å². The van der Waals surface area contributed by atoms with Gasteiger partial charge in [-0.2, -0.15) is 0 Å². The molecule has 2 heterocycles. The fourth-order valence-electron chi connectivity index (χ4n) is 1.26. The number of carbonyl (C=O) groups excluding carboxylic acids is 1. The Bertz CT molecular complexity index is 644. The molecule has 0 aliphatic rings. The van der Waals surface area contributed by atoms with Crippen LogP contribution in [0.4, 0.5) is 0 Å². The SMILES string of the molecule is CC(=O)OCC=C=Cn1cnc2c(Cl)ncnc21. The van der Waals surface area contributed by atoms with Gasteiger partial charge in [0.15, 0.2) is 10.8 Å². The Morgan fingerprint density at radius 2 is 2.39 bits per heavy atom.